The summed E-state index contributed by atoms with van der Waals surface area (Å²) in [6, 6.07) is -2.36. The van der Waals surface area contributed by atoms with E-state index in [1.54, 1.807) is 0 Å². The van der Waals surface area contributed by atoms with E-state index in [0.717, 1.165) is 0 Å². The number of carbonyl (C=O) groups is 3. The van der Waals surface area contributed by atoms with Crippen molar-refractivity contribution in [2.75, 3.05) is 6.54 Å². The molecule has 0 saturated heterocycles. The molecule has 0 bridgehead atoms. The molecule has 0 aromatic rings. The molecule has 0 aromatic heterocycles. The maximum atomic E-state index is 11.1. The van der Waals surface area contributed by atoms with Gasteiger partial charge in [-0.2, -0.15) is 0 Å². The van der Waals surface area contributed by atoms with Crippen molar-refractivity contribution in [3.05, 3.63) is 0 Å². The molecule has 0 aliphatic carbocycles. The van der Waals surface area contributed by atoms with Crippen LogP contribution in [0.2, 0.25) is 0 Å². The molecule has 0 aromatic carbocycles. The van der Waals surface area contributed by atoms with Crippen LogP contribution in [0, 0.1) is 0 Å². The van der Waals surface area contributed by atoms with Crippen molar-refractivity contribution in [2.45, 2.75) is 37.8 Å². The van der Waals surface area contributed by atoms with E-state index in [2.05, 4.69) is 10.3 Å². The van der Waals surface area contributed by atoms with Crippen LogP contribution in [0.3, 0.4) is 0 Å². The lowest BCUT2D eigenvalue weighted by atomic mass is 10.1. The van der Waals surface area contributed by atoms with E-state index >= 15 is 0 Å². The average Bonchev–Trinajstić information content (AvgIpc) is 2.35. The summed E-state index contributed by atoms with van der Waals surface area (Å²) in [5.41, 5.74) is 10.2. The van der Waals surface area contributed by atoms with Crippen molar-refractivity contribution >= 4 is 23.9 Å². The summed E-state index contributed by atoms with van der Waals surface area (Å²) >= 11 is 0. The Labute approximate surface area is 120 Å². The number of nitrogens with zero attached hydrogens (tertiary/aromatic N) is 1. The minimum absolute atomic E-state index is 0.111. The molecule has 0 heterocycles. The summed E-state index contributed by atoms with van der Waals surface area (Å²) < 4.78 is 0. The van der Waals surface area contributed by atoms with Gasteiger partial charge in [-0.1, -0.05) is 0 Å². The van der Waals surface area contributed by atoms with Crippen LogP contribution in [0.25, 0.3) is 0 Å². The molecule has 0 amide bonds. The molecule has 1 unspecified atom stereocenters. The summed E-state index contributed by atoms with van der Waals surface area (Å²) in [5, 5.41) is 29.0. The zero-order chi connectivity index (χ0) is 16.4. The Morgan fingerprint density at radius 3 is 1.95 bits per heavy atom. The van der Waals surface area contributed by atoms with Gasteiger partial charge < -0.3 is 26.8 Å². The Kier molecular flexibility index (Phi) is 8.46. The number of carboxylic acids is 3. The zero-order valence-electron chi connectivity index (χ0n) is 11.4. The molecule has 0 rings (SSSR count). The molecule has 21 heavy (non-hydrogen) atoms. The summed E-state index contributed by atoms with van der Waals surface area (Å²) in [6.07, 6.45) is -0.122. The smallest absolute Gasteiger partial charge is 0.320 e. The third-order valence-electron chi connectivity index (χ3n) is 2.59. The van der Waals surface area contributed by atoms with Gasteiger partial charge in [-0.05, 0) is 19.3 Å². The summed E-state index contributed by atoms with van der Waals surface area (Å²) in [5.74, 6) is -3.78. The minimum atomic E-state index is -1.30. The molecule has 0 radical (unpaired) electrons. The Bertz CT molecular complexity index is 408. The van der Waals surface area contributed by atoms with Gasteiger partial charge in [0, 0.05) is 13.0 Å². The van der Waals surface area contributed by atoms with Crippen molar-refractivity contribution in [1.29, 1.82) is 0 Å². The van der Waals surface area contributed by atoms with E-state index in [9.17, 15) is 14.4 Å². The molecule has 8 N–H and O–H groups in total. The van der Waals surface area contributed by atoms with Crippen molar-refractivity contribution in [1.82, 2.24) is 5.32 Å². The van der Waals surface area contributed by atoms with E-state index in [4.69, 9.17) is 26.8 Å². The highest BCUT2D eigenvalue weighted by molar-refractivity contribution is 5.78. The fourth-order valence-electron chi connectivity index (χ4n) is 1.57. The van der Waals surface area contributed by atoms with Crippen LogP contribution in [0.4, 0.5) is 0 Å². The topological polar surface area (TPSA) is 188 Å². The molecule has 0 aliphatic heterocycles. The first-order valence-electron chi connectivity index (χ1n) is 6.23. The Morgan fingerprint density at radius 2 is 1.52 bits per heavy atom. The van der Waals surface area contributed by atoms with Crippen molar-refractivity contribution in [3.63, 3.8) is 0 Å². The second-order valence-electron chi connectivity index (χ2n) is 4.33. The van der Waals surface area contributed by atoms with Crippen LogP contribution in [-0.2, 0) is 14.4 Å². The Hall–Kier alpha value is -2.36. The maximum absolute atomic E-state index is 11.1. The van der Waals surface area contributed by atoms with Crippen molar-refractivity contribution in [3.8, 4) is 0 Å². The third-order valence-corrected chi connectivity index (χ3v) is 2.59. The number of guanidine groups is 1. The fourth-order valence-corrected chi connectivity index (χ4v) is 1.57. The molecule has 10 heteroatoms. The molecular formula is C11H20N4O6. The lowest BCUT2D eigenvalue weighted by Gasteiger charge is -2.19. The predicted molar refractivity (Wildman–Crippen MR) is 72.8 cm³/mol. The van der Waals surface area contributed by atoms with Gasteiger partial charge in [-0.25, -0.2) is 0 Å². The summed E-state index contributed by atoms with van der Waals surface area (Å²) in [7, 11) is 0. The molecule has 0 spiro atoms. The highest BCUT2D eigenvalue weighted by Crippen LogP contribution is 2.05. The van der Waals surface area contributed by atoms with E-state index in [1.807, 2.05) is 0 Å². The van der Waals surface area contributed by atoms with Gasteiger partial charge >= 0.3 is 17.9 Å². The standard InChI is InChI=1S/C11H20N4O6/c12-11(13)14-5-1-2-6(9(18)19)15-7(10(20)21)3-4-8(16)17/h6-7,15H,1-5H2,(H,16,17)(H,18,19)(H,20,21)(H4,12,13,14)/t6?,7-/m0/s1. The van der Waals surface area contributed by atoms with Crippen molar-refractivity contribution < 1.29 is 29.7 Å². The van der Waals surface area contributed by atoms with Crippen LogP contribution >= 0.6 is 0 Å². The maximum Gasteiger partial charge on any atom is 0.320 e. The first kappa shape index (κ1) is 18.6. The molecule has 2 atom stereocenters. The SMILES string of the molecule is NC(N)=NCCCC(N[C@@H](CCC(=O)O)C(=O)O)C(=O)O. The van der Waals surface area contributed by atoms with Gasteiger partial charge in [0.1, 0.15) is 12.1 Å². The van der Waals surface area contributed by atoms with Crippen LogP contribution < -0.4 is 16.8 Å². The Balaban J connectivity index is 4.49. The van der Waals surface area contributed by atoms with Crippen LogP contribution in [-0.4, -0.2) is 57.8 Å². The molecule has 120 valence electrons. The number of nitrogens with two attached hydrogens (primary N) is 2. The molecule has 0 saturated carbocycles. The number of rotatable bonds is 11. The first-order chi connectivity index (χ1) is 9.73. The zero-order valence-corrected chi connectivity index (χ0v) is 11.4. The number of aliphatic carboxylic acids is 3. The lowest BCUT2D eigenvalue weighted by Crippen LogP contribution is -2.47. The third kappa shape index (κ3) is 9.21. The number of carboxylic acid groups (broad SMARTS) is 3. The number of nitrogens with one attached hydrogen (secondary N) is 1. The molecule has 10 nitrogen and oxygen atoms in total. The fraction of sp³-hybridized carbons (Fsp3) is 0.636. The van der Waals surface area contributed by atoms with E-state index in [1.165, 1.54) is 0 Å². The minimum Gasteiger partial charge on any atom is -0.481 e. The van der Waals surface area contributed by atoms with Gasteiger partial charge in [0.15, 0.2) is 5.96 Å². The largest absolute Gasteiger partial charge is 0.481 e. The second-order valence-corrected chi connectivity index (χ2v) is 4.33. The number of hydrogen-bond acceptors (Lipinski definition) is 5. The molecule has 0 fully saturated rings. The quantitative estimate of drug-likeness (QED) is 0.148. The first-order valence-corrected chi connectivity index (χ1v) is 6.23. The monoisotopic (exact) mass is 304 g/mol. The van der Waals surface area contributed by atoms with Gasteiger partial charge in [-0.15, -0.1) is 0 Å². The molecular weight excluding hydrogens is 284 g/mol. The second kappa shape index (κ2) is 9.53. The van der Waals surface area contributed by atoms with E-state index < -0.39 is 30.0 Å². The number of hydrogen-bond donors (Lipinski definition) is 6. The highest BCUT2D eigenvalue weighted by Gasteiger charge is 2.25. The average molecular weight is 304 g/mol. The van der Waals surface area contributed by atoms with Crippen LogP contribution in [0.5, 0.6) is 0 Å². The molecule has 0 aliphatic rings. The van der Waals surface area contributed by atoms with Gasteiger partial charge in [-0.3, -0.25) is 24.7 Å². The normalized spacial score (nSPS) is 13.1. The van der Waals surface area contributed by atoms with Crippen molar-refractivity contribution in [2.24, 2.45) is 16.5 Å². The summed E-state index contributed by atoms with van der Waals surface area (Å²) in [6.45, 7) is 0.223. The van der Waals surface area contributed by atoms with E-state index in [0.29, 0.717) is 6.42 Å². The number of aliphatic imine (C=N–C) groups is 1. The van der Waals surface area contributed by atoms with Crippen LogP contribution in [0.1, 0.15) is 25.7 Å². The van der Waals surface area contributed by atoms with Gasteiger partial charge in [0.05, 0.1) is 0 Å². The van der Waals surface area contributed by atoms with E-state index in [-0.39, 0.29) is 31.8 Å². The predicted octanol–water partition coefficient (Wildman–Crippen LogP) is -1.60. The summed E-state index contributed by atoms with van der Waals surface area (Å²) in [4.78, 5) is 36.2. The lowest BCUT2D eigenvalue weighted by molar-refractivity contribution is -0.143. The van der Waals surface area contributed by atoms with Crippen LogP contribution in [0.15, 0.2) is 4.99 Å². The van der Waals surface area contributed by atoms with Gasteiger partial charge in [0.25, 0.3) is 0 Å². The Morgan fingerprint density at radius 1 is 1.00 bits per heavy atom. The highest BCUT2D eigenvalue weighted by atomic mass is 16.4. The van der Waals surface area contributed by atoms with Gasteiger partial charge in [0.2, 0.25) is 0 Å².